The van der Waals surface area contributed by atoms with Crippen molar-refractivity contribution < 1.29 is 4.79 Å². The number of aliphatic imine (C=N–C) groups is 1. The van der Waals surface area contributed by atoms with E-state index in [1.165, 1.54) is 12.8 Å². The van der Waals surface area contributed by atoms with Gasteiger partial charge in [-0.25, -0.2) is 4.79 Å². The van der Waals surface area contributed by atoms with E-state index >= 15 is 0 Å². The van der Waals surface area contributed by atoms with Crippen molar-refractivity contribution in [1.29, 1.82) is 0 Å². The summed E-state index contributed by atoms with van der Waals surface area (Å²) in [5, 5.41) is 0. The number of amidine groups is 1. The number of rotatable bonds is 3. The Bertz CT molecular complexity index is 305. The first-order valence-corrected chi connectivity index (χ1v) is 5.49. The molecule has 1 aliphatic carbocycles. The molecule has 1 aliphatic heterocycles. The molecule has 0 aromatic rings. The van der Waals surface area contributed by atoms with Crippen LogP contribution in [0.1, 0.15) is 25.7 Å². The molecule has 1 atom stereocenters. The molecule has 4 nitrogen and oxygen atoms in total. The first-order chi connectivity index (χ1) is 7.24. The Morgan fingerprint density at radius 3 is 2.80 bits per heavy atom. The summed E-state index contributed by atoms with van der Waals surface area (Å²) < 4.78 is 0. The number of amides is 2. The molecule has 4 heteroatoms. The van der Waals surface area contributed by atoms with Gasteiger partial charge >= 0.3 is 6.03 Å². The third kappa shape index (κ3) is 1.76. The fraction of sp³-hybridized carbons (Fsp3) is 0.636. The van der Waals surface area contributed by atoms with Crippen LogP contribution in [0.15, 0.2) is 17.6 Å². The summed E-state index contributed by atoms with van der Waals surface area (Å²) >= 11 is 0. The molecule has 0 bridgehead atoms. The minimum Gasteiger partial charge on any atom is -0.385 e. The van der Waals surface area contributed by atoms with Crippen LogP contribution < -0.4 is 5.73 Å². The Labute approximate surface area is 89.8 Å². The molecule has 0 radical (unpaired) electrons. The zero-order valence-corrected chi connectivity index (χ0v) is 8.85. The maximum Gasteiger partial charge on any atom is 0.346 e. The summed E-state index contributed by atoms with van der Waals surface area (Å²) in [6, 6.07) is -0.178. The van der Waals surface area contributed by atoms with Crippen LogP contribution in [0.5, 0.6) is 0 Å². The van der Waals surface area contributed by atoms with Crippen molar-refractivity contribution in [2.45, 2.75) is 31.7 Å². The second-order valence-corrected chi connectivity index (χ2v) is 4.25. The molecular weight excluding hydrogens is 190 g/mol. The largest absolute Gasteiger partial charge is 0.385 e. The van der Waals surface area contributed by atoms with Crippen LogP contribution in [-0.2, 0) is 0 Å². The molecule has 1 unspecified atom stereocenters. The summed E-state index contributed by atoms with van der Waals surface area (Å²) in [7, 11) is 0. The van der Waals surface area contributed by atoms with Gasteiger partial charge in [0.05, 0.1) is 6.04 Å². The monoisotopic (exact) mass is 207 g/mol. The van der Waals surface area contributed by atoms with Gasteiger partial charge in [0.1, 0.15) is 5.84 Å². The van der Waals surface area contributed by atoms with E-state index in [2.05, 4.69) is 11.6 Å². The summed E-state index contributed by atoms with van der Waals surface area (Å²) in [6.45, 7) is 4.20. The normalized spacial score (nSPS) is 27.2. The first-order valence-electron chi connectivity index (χ1n) is 5.49. The zero-order chi connectivity index (χ0) is 10.8. The average Bonchev–Trinajstić information content (AvgIpc) is 2.77. The van der Waals surface area contributed by atoms with Gasteiger partial charge in [0.15, 0.2) is 0 Å². The van der Waals surface area contributed by atoms with Crippen molar-refractivity contribution in [3.63, 3.8) is 0 Å². The van der Waals surface area contributed by atoms with Crippen molar-refractivity contribution in [3.05, 3.63) is 12.7 Å². The third-order valence-corrected chi connectivity index (χ3v) is 3.28. The van der Waals surface area contributed by atoms with E-state index in [0.29, 0.717) is 18.3 Å². The molecule has 2 aliphatic rings. The van der Waals surface area contributed by atoms with Crippen LogP contribution in [0.25, 0.3) is 0 Å². The Morgan fingerprint density at radius 1 is 1.53 bits per heavy atom. The number of carbonyl (C=O) groups excluding carboxylic acids is 1. The summed E-state index contributed by atoms with van der Waals surface area (Å²) in [5.41, 5.74) is 5.82. The smallest absolute Gasteiger partial charge is 0.346 e. The maximum absolute atomic E-state index is 11.6. The summed E-state index contributed by atoms with van der Waals surface area (Å²) in [6.07, 6.45) is 6.52. The second-order valence-electron chi connectivity index (χ2n) is 4.25. The molecule has 15 heavy (non-hydrogen) atoms. The fourth-order valence-corrected chi connectivity index (χ4v) is 2.62. The van der Waals surface area contributed by atoms with Gasteiger partial charge < -0.3 is 10.6 Å². The Kier molecular flexibility index (Phi) is 2.75. The van der Waals surface area contributed by atoms with E-state index in [1.54, 1.807) is 11.0 Å². The molecule has 1 saturated carbocycles. The van der Waals surface area contributed by atoms with Crippen molar-refractivity contribution in [2.24, 2.45) is 16.6 Å². The molecule has 0 spiro atoms. The predicted molar refractivity (Wildman–Crippen MR) is 59.7 cm³/mol. The molecule has 2 N–H and O–H groups in total. The van der Waals surface area contributed by atoms with E-state index < -0.39 is 0 Å². The molecule has 1 fully saturated rings. The highest BCUT2D eigenvalue weighted by Gasteiger charge is 2.39. The number of nitrogens with zero attached hydrogens (tertiary/aromatic N) is 2. The van der Waals surface area contributed by atoms with Gasteiger partial charge in [0, 0.05) is 6.54 Å². The van der Waals surface area contributed by atoms with E-state index in [9.17, 15) is 4.79 Å². The quantitative estimate of drug-likeness (QED) is 0.713. The first kappa shape index (κ1) is 10.2. The van der Waals surface area contributed by atoms with Crippen molar-refractivity contribution in [2.75, 3.05) is 6.54 Å². The van der Waals surface area contributed by atoms with E-state index in [1.807, 2.05) is 0 Å². The van der Waals surface area contributed by atoms with Crippen LogP contribution in [0.3, 0.4) is 0 Å². The highest BCUT2D eigenvalue weighted by molar-refractivity contribution is 6.03. The SMILES string of the molecule is C=CCN1C(=O)N=C(N)C1C1CCCC1. The molecule has 1 heterocycles. The van der Waals surface area contributed by atoms with Crippen molar-refractivity contribution >= 4 is 11.9 Å². The highest BCUT2D eigenvalue weighted by Crippen LogP contribution is 2.32. The Morgan fingerprint density at radius 2 is 2.20 bits per heavy atom. The van der Waals surface area contributed by atoms with E-state index in [4.69, 9.17) is 5.73 Å². The number of hydrogen-bond donors (Lipinski definition) is 1. The average molecular weight is 207 g/mol. The lowest BCUT2D eigenvalue weighted by Gasteiger charge is -2.27. The molecule has 0 aromatic carbocycles. The molecule has 82 valence electrons. The summed E-state index contributed by atoms with van der Waals surface area (Å²) in [5.74, 6) is 0.994. The molecular formula is C11H17N3O. The van der Waals surface area contributed by atoms with Crippen molar-refractivity contribution in [3.8, 4) is 0 Å². The highest BCUT2D eigenvalue weighted by atomic mass is 16.2. The van der Waals surface area contributed by atoms with Gasteiger partial charge in [-0.2, -0.15) is 4.99 Å². The van der Waals surface area contributed by atoms with Crippen LogP contribution in [-0.4, -0.2) is 29.4 Å². The molecule has 2 amide bonds. The van der Waals surface area contributed by atoms with Gasteiger partial charge in [0.2, 0.25) is 0 Å². The lowest BCUT2D eigenvalue weighted by atomic mass is 9.96. The van der Waals surface area contributed by atoms with Crippen LogP contribution in [0.2, 0.25) is 0 Å². The van der Waals surface area contributed by atoms with E-state index in [-0.39, 0.29) is 12.1 Å². The molecule has 0 aromatic heterocycles. The minimum absolute atomic E-state index is 0.0259. The molecule has 2 rings (SSSR count). The van der Waals surface area contributed by atoms with Crippen molar-refractivity contribution in [1.82, 2.24) is 4.90 Å². The van der Waals surface area contributed by atoms with Crippen LogP contribution in [0.4, 0.5) is 4.79 Å². The summed E-state index contributed by atoms with van der Waals surface area (Å²) in [4.78, 5) is 17.1. The lowest BCUT2D eigenvalue weighted by Crippen LogP contribution is -2.44. The number of carbonyl (C=O) groups is 1. The number of nitrogens with two attached hydrogens (primary N) is 1. The Balaban J connectivity index is 2.15. The Hall–Kier alpha value is -1.32. The number of urea groups is 1. The van der Waals surface area contributed by atoms with Crippen LogP contribution >= 0.6 is 0 Å². The second kappa shape index (κ2) is 4.04. The minimum atomic E-state index is -0.204. The number of hydrogen-bond acceptors (Lipinski definition) is 2. The maximum atomic E-state index is 11.6. The van der Waals surface area contributed by atoms with Crippen LogP contribution in [0, 0.1) is 5.92 Å². The third-order valence-electron chi connectivity index (χ3n) is 3.28. The standard InChI is InChI=1S/C11H17N3O/c1-2-7-14-9(8-5-3-4-6-8)10(12)13-11(14)15/h2,8-9H,1,3-7H2,(H2,12,13,15). The molecule has 0 saturated heterocycles. The van der Waals surface area contributed by atoms with Gasteiger partial charge in [0.25, 0.3) is 0 Å². The fourth-order valence-electron chi connectivity index (χ4n) is 2.62. The topological polar surface area (TPSA) is 58.7 Å². The van der Waals surface area contributed by atoms with Gasteiger partial charge in [-0.3, -0.25) is 0 Å². The lowest BCUT2D eigenvalue weighted by molar-refractivity contribution is 0.198. The zero-order valence-electron chi connectivity index (χ0n) is 8.85. The van der Waals surface area contributed by atoms with Gasteiger partial charge in [-0.05, 0) is 18.8 Å². The van der Waals surface area contributed by atoms with E-state index in [0.717, 1.165) is 12.8 Å². The van der Waals surface area contributed by atoms with Gasteiger partial charge in [-0.1, -0.05) is 18.9 Å². The predicted octanol–water partition coefficient (Wildman–Crippen LogP) is 1.52. The van der Waals surface area contributed by atoms with Gasteiger partial charge in [-0.15, -0.1) is 6.58 Å².